The second-order valence-corrected chi connectivity index (χ2v) is 4.99. The molecular formula is C16H21NO3. The van der Waals surface area contributed by atoms with Crippen LogP contribution < -0.4 is 0 Å². The van der Waals surface area contributed by atoms with Gasteiger partial charge in [-0.1, -0.05) is 42.5 Å². The molecule has 1 saturated heterocycles. The minimum absolute atomic E-state index is 0.0398. The average Bonchev–Trinajstić information content (AvgIpc) is 2.47. The first-order chi connectivity index (χ1) is 9.69. The molecule has 0 aromatic heterocycles. The number of carbonyl (C=O) groups excluding carboxylic acids is 1. The lowest BCUT2D eigenvalue weighted by molar-refractivity contribution is -0.165. The van der Waals surface area contributed by atoms with Crippen molar-refractivity contribution < 1.29 is 14.3 Å². The van der Waals surface area contributed by atoms with Crippen molar-refractivity contribution in [2.75, 3.05) is 26.7 Å². The molecule has 2 atom stereocenters. The van der Waals surface area contributed by atoms with Crippen LogP contribution in [-0.4, -0.2) is 49.8 Å². The second kappa shape index (κ2) is 7.22. The number of carbonyl (C=O) groups is 1. The fourth-order valence-corrected chi connectivity index (χ4v) is 2.35. The Kier molecular flexibility index (Phi) is 5.32. The summed E-state index contributed by atoms with van der Waals surface area (Å²) in [5.74, 6) is -0.298. The highest BCUT2D eigenvalue weighted by Crippen LogP contribution is 2.12. The zero-order chi connectivity index (χ0) is 14.4. The third kappa shape index (κ3) is 4.18. The van der Waals surface area contributed by atoms with Gasteiger partial charge in [-0.05, 0) is 12.5 Å². The molecule has 1 heterocycles. The van der Waals surface area contributed by atoms with Crippen molar-refractivity contribution >= 4 is 12.0 Å². The van der Waals surface area contributed by atoms with Gasteiger partial charge in [-0.15, -0.1) is 0 Å². The van der Waals surface area contributed by atoms with Crippen LogP contribution in [-0.2, 0) is 14.3 Å². The number of rotatable bonds is 4. The van der Waals surface area contributed by atoms with Crippen molar-refractivity contribution in [2.24, 2.45) is 0 Å². The minimum Gasteiger partial charge on any atom is -0.467 e. The number of nitrogens with zero attached hydrogens (tertiary/aromatic N) is 1. The van der Waals surface area contributed by atoms with Gasteiger partial charge in [0, 0.05) is 19.6 Å². The van der Waals surface area contributed by atoms with Crippen LogP contribution in [0.25, 0.3) is 6.08 Å². The summed E-state index contributed by atoms with van der Waals surface area (Å²) in [6.45, 7) is 4.18. The van der Waals surface area contributed by atoms with E-state index in [1.165, 1.54) is 12.7 Å². The maximum absolute atomic E-state index is 11.6. The smallest absolute Gasteiger partial charge is 0.336 e. The topological polar surface area (TPSA) is 38.8 Å². The normalized spacial score (nSPS) is 23.9. The van der Waals surface area contributed by atoms with Gasteiger partial charge in [-0.25, -0.2) is 4.79 Å². The molecule has 0 saturated carbocycles. The highest BCUT2D eigenvalue weighted by Gasteiger charge is 2.30. The average molecular weight is 275 g/mol. The largest absolute Gasteiger partial charge is 0.467 e. The first kappa shape index (κ1) is 14.8. The fraction of sp³-hybridized carbons (Fsp3) is 0.438. The molecule has 4 nitrogen and oxygen atoms in total. The molecule has 20 heavy (non-hydrogen) atoms. The maximum atomic E-state index is 11.6. The molecule has 0 amide bonds. The lowest BCUT2D eigenvalue weighted by Gasteiger charge is -2.34. The molecule has 0 radical (unpaired) electrons. The number of ether oxygens (including phenoxy) is 2. The number of hydrogen-bond acceptors (Lipinski definition) is 4. The summed E-state index contributed by atoms with van der Waals surface area (Å²) in [7, 11) is 1.39. The van der Waals surface area contributed by atoms with E-state index in [0.717, 1.165) is 13.1 Å². The van der Waals surface area contributed by atoms with Gasteiger partial charge in [0.1, 0.15) is 0 Å². The summed E-state index contributed by atoms with van der Waals surface area (Å²) in [5, 5.41) is 0. The van der Waals surface area contributed by atoms with E-state index in [1.54, 1.807) is 0 Å². The molecule has 0 aliphatic carbocycles. The van der Waals surface area contributed by atoms with E-state index >= 15 is 0 Å². The van der Waals surface area contributed by atoms with Gasteiger partial charge < -0.3 is 9.47 Å². The number of morpholine rings is 1. The molecule has 108 valence electrons. The van der Waals surface area contributed by atoms with E-state index in [4.69, 9.17) is 9.47 Å². The van der Waals surface area contributed by atoms with Crippen LogP contribution in [0.4, 0.5) is 0 Å². The van der Waals surface area contributed by atoms with Crippen molar-refractivity contribution in [1.29, 1.82) is 0 Å². The zero-order valence-electron chi connectivity index (χ0n) is 12.0. The van der Waals surface area contributed by atoms with Gasteiger partial charge in [0.25, 0.3) is 0 Å². The SMILES string of the molecule is COC(=O)C1CN(C/C=C/c2ccccc2)C[C@@H](C)O1. The Morgan fingerprint density at radius 2 is 2.15 bits per heavy atom. The molecule has 0 N–H and O–H groups in total. The molecule has 2 rings (SSSR count). The van der Waals surface area contributed by atoms with Crippen molar-refractivity contribution in [2.45, 2.75) is 19.1 Å². The first-order valence-electron chi connectivity index (χ1n) is 6.86. The van der Waals surface area contributed by atoms with Crippen LogP contribution in [0.2, 0.25) is 0 Å². The molecule has 1 aromatic rings. The monoisotopic (exact) mass is 275 g/mol. The number of methoxy groups -OCH3 is 1. The van der Waals surface area contributed by atoms with Gasteiger partial charge in [-0.3, -0.25) is 4.90 Å². The third-order valence-corrected chi connectivity index (χ3v) is 3.27. The molecule has 1 unspecified atom stereocenters. The Hall–Kier alpha value is -1.65. The summed E-state index contributed by atoms with van der Waals surface area (Å²) in [5.41, 5.74) is 1.18. The third-order valence-electron chi connectivity index (χ3n) is 3.27. The van der Waals surface area contributed by atoms with Gasteiger partial charge in [0.05, 0.1) is 13.2 Å². The first-order valence-corrected chi connectivity index (χ1v) is 6.86. The van der Waals surface area contributed by atoms with Crippen molar-refractivity contribution in [3.8, 4) is 0 Å². The van der Waals surface area contributed by atoms with Gasteiger partial charge >= 0.3 is 5.97 Å². The van der Waals surface area contributed by atoms with Crippen LogP contribution in [0.3, 0.4) is 0 Å². The minimum atomic E-state index is -0.478. The molecule has 1 aliphatic rings. The maximum Gasteiger partial charge on any atom is 0.336 e. The summed E-state index contributed by atoms with van der Waals surface area (Å²) in [6, 6.07) is 10.2. The summed E-state index contributed by atoms with van der Waals surface area (Å²) in [4.78, 5) is 13.8. The Morgan fingerprint density at radius 1 is 1.40 bits per heavy atom. The van der Waals surface area contributed by atoms with E-state index in [-0.39, 0.29) is 12.1 Å². The molecule has 0 spiro atoms. The highest BCUT2D eigenvalue weighted by molar-refractivity contribution is 5.75. The number of esters is 1. The Bertz CT molecular complexity index is 458. The molecule has 1 aromatic carbocycles. The van der Waals surface area contributed by atoms with E-state index in [2.05, 4.69) is 29.2 Å². The van der Waals surface area contributed by atoms with E-state index in [9.17, 15) is 4.79 Å². The Balaban J connectivity index is 1.89. The molecule has 1 aliphatic heterocycles. The quantitative estimate of drug-likeness (QED) is 0.787. The van der Waals surface area contributed by atoms with Crippen molar-refractivity contribution in [3.05, 3.63) is 42.0 Å². The highest BCUT2D eigenvalue weighted by atomic mass is 16.6. The lowest BCUT2D eigenvalue weighted by atomic mass is 10.2. The van der Waals surface area contributed by atoms with Crippen LogP contribution in [0, 0.1) is 0 Å². The predicted molar refractivity (Wildman–Crippen MR) is 78.3 cm³/mol. The molecule has 1 fully saturated rings. The van der Waals surface area contributed by atoms with Crippen LogP contribution >= 0.6 is 0 Å². The van der Waals surface area contributed by atoms with Gasteiger partial charge in [-0.2, -0.15) is 0 Å². The van der Waals surface area contributed by atoms with E-state index < -0.39 is 6.10 Å². The second-order valence-electron chi connectivity index (χ2n) is 4.99. The molecule has 4 heteroatoms. The van der Waals surface area contributed by atoms with Crippen molar-refractivity contribution in [3.63, 3.8) is 0 Å². The van der Waals surface area contributed by atoms with Crippen LogP contribution in [0.1, 0.15) is 12.5 Å². The van der Waals surface area contributed by atoms with Crippen molar-refractivity contribution in [1.82, 2.24) is 4.90 Å². The Morgan fingerprint density at radius 3 is 2.85 bits per heavy atom. The van der Waals surface area contributed by atoms with E-state index in [1.807, 2.05) is 25.1 Å². The fourth-order valence-electron chi connectivity index (χ4n) is 2.35. The summed E-state index contributed by atoms with van der Waals surface area (Å²) < 4.78 is 10.3. The van der Waals surface area contributed by atoms with Crippen LogP contribution in [0.5, 0.6) is 0 Å². The van der Waals surface area contributed by atoms with E-state index in [0.29, 0.717) is 6.54 Å². The van der Waals surface area contributed by atoms with Gasteiger partial charge in [0.15, 0.2) is 6.10 Å². The Labute approximate surface area is 120 Å². The summed E-state index contributed by atoms with van der Waals surface area (Å²) in [6.07, 6.45) is 3.77. The predicted octanol–water partition coefficient (Wildman–Crippen LogP) is 1.96. The van der Waals surface area contributed by atoms with Gasteiger partial charge in [0.2, 0.25) is 0 Å². The number of benzene rings is 1. The number of hydrogen-bond donors (Lipinski definition) is 0. The standard InChI is InChI=1S/C16H21NO3/c1-13-11-17(12-15(20-13)16(18)19-2)10-6-9-14-7-4-3-5-8-14/h3-9,13,15H,10-12H2,1-2H3/b9-6+/t13-,15?/m1/s1. The molecular weight excluding hydrogens is 254 g/mol. The van der Waals surface area contributed by atoms with Crippen LogP contribution in [0.15, 0.2) is 36.4 Å². The summed E-state index contributed by atoms with van der Waals surface area (Å²) >= 11 is 0. The molecule has 0 bridgehead atoms. The zero-order valence-corrected chi connectivity index (χ0v) is 12.0. The lowest BCUT2D eigenvalue weighted by Crippen LogP contribution is -2.49.